The average Bonchev–Trinajstić information content (AvgIpc) is 2.39. The molecule has 0 radical (unpaired) electrons. The number of nitrogens with zero attached hydrogens (tertiary/aromatic N) is 2. The highest BCUT2D eigenvalue weighted by atomic mass is 16.3. The molecule has 4 heteroatoms. The minimum atomic E-state index is 0.148. The van der Waals surface area contributed by atoms with Gasteiger partial charge in [0.2, 0.25) is 0 Å². The van der Waals surface area contributed by atoms with E-state index in [1.165, 1.54) is 0 Å². The molecule has 0 aliphatic heterocycles. The maximum absolute atomic E-state index is 9.21. The fourth-order valence-corrected chi connectivity index (χ4v) is 2.19. The lowest BCUT2D eigenvalue weighted by molar-refractivity contribution is 0.296. The van der Waals surface area contributed by atoms with Crippen molar-refractivity contribution in [2.24, 2.45) is 5.73 Å². The number of anilines is 1. The van der Waals surface area contributed by atoms with E-state index in [4.69, 9.17) is 5.73 Å². The van der Waals surface area contributed by atoms with Crippen molar-refractivity contribution in [2.45, 2.75) is 39.3 Å². The summed E-state index contributed by atoms with van der Waals surface area (Å²) in [4.78, 5) is 6.52. The van der Waals surface area contributed by atoms with E-state index in [1.54, 1.807) is 6.20 Å². The van der Waals surface area contributed by atoms with Gasteiger partial charge in [0.15, 0.2) is 0 Å². The normalized spacial score (nSPS) is 10.9. The predicted octanol–water partition coefficient (Wildman–Crippen LogP) is 1.53. The molecule has 17 heavy (non-hydrogen) atoms. The van der Waals surface area contributed by atoms with Gasteiger partial charge in [-0.25, -0.2) is 0 Å². The Morgan fingerprint density at radius 1 is 1.41 bits per heavy atom. The molecule has 3 N–H and O–H groups in total. The minimum absolute atomic E-state index is 0.148. The van der Waals surface area contributed by atoms with Crippen molar-refractivity contribution < 1.29 is 5.11 Å². The Kier molecular flexibility index (Phi) is 5.94. The first kappa shape index (κ1) is 13.9. The Hall–Kier alpha value is -1.13. The van der Waals surface area contributed by atoms with Crippen LogP contribution in [0.3, 0.4) is 0 Å². The van der Waals surface area contributed by atoms with Gasteiger partial charge >= 0.3 is 0 Å². The number of aliphatic hydroxyl groups is 1. The molecule has 0 unspecified atom stereocenters. The number of pyridine rings is 1. The van der Waals surface area contributed by atoms with Crippen LogP contribution >= 0.6 is 0 Å². The van der Waals surface area contributed by atoms with Gasteiger partial charge in [-0.1, -0.05) is 13.8 Å². The number of aromatic nitrogens is 1. The molecule has 1 rings (SSSR count). The first-order valence-electron chi connectivity index (χ1n) is 6.29. The van der Waals surface area contributed by atoms with Crippen LogP contribution in [0.4, 0.5) is 5.69 Å². The summed E-state index contributed by atoms with van der Waals surface area (Å²) < 4.78 is 0. The minimum Gasteiger partial charge on any atom is -0.395 e. The van der Waals surface area contributed by atoms with Crippen LogP contribution < -0.4 is 10.6 Å². The van der Waals surface area contributed by atoms with Crippen LogP contribution in [-0.4, -0.2) is 29.3 Å². The number of hydrogen-bond donors (Lipinski definition) is 2. The van der Waals surface area contributed by atoms with Crippen LogP contribution in [0.15, 0.2) is 18.3 Å². The predicted molar refractivity (Wildman–Crippen MR) is 70.9 cm³/mol. The van der Waals surface area contributed by atoms with Crippen molar-refractivity contribution in [1.29, 1.82) is 0 Å². The van der Waals surface area contributed by atoms with Gasteiger partial charge in [-0.3, -0.25) is 4.98 Å². The Bertz CT molecular complexity index is 326. The maximum Gasteiger partial charge on any atom is 0.0772 e. The fourth-order valence-electron chi connectivity index (χ4n) is 2.19. The average molecular weight is 237 g/mol. The van der Waals surface area contributed by atoms with Gasteiger partial charge in [0.05, 0.1) is 18.0 Å². The van der Waals surface area contributed by atoms with Gasteiger partial charge in [0, 0.05) is 25.3 Å². The molecule has 0 atom stereocenters. The second-order valence-corrected chi connectivity index (χ2v) is 4.06. The van der Waals surface area contributed by atoms with Crippen molar-refractivity contribution in [2.75, 3.05) is 18.1 Å². The first-order valence-corrected chi connectivity index (χ1v) is 6.29. The molecule has 1 heterocycles. The zero-order chi connectivity index (χ0) is 12.7. The maximum atomic E-state index is 9.21. The van der Waals surface area contributed by atoms with E-state index in [1.807, 2.05) is 12.1 Å². The van der Waals surface area contributed by atoms with Crippen LogP contribution in [0.2, 0.25) is 0 Å². The lowest BCUT2D eigenvalue weighted by Crippen LogP contribution is -2.37. The fraction of sp³-hybridized carbons (Fsp3) is 0.615. The van der Waals surface area contributed by atoms with Crippen LogP contribution in [0.5, 0.6) is 0 Å². The lowest BCUT2D eigenvalue weighted by atomic mass is 10.1. The number of aliphatic hydroxyl groups excluding tert-OH is 1. The van der Waals surface area contributed by atoms with Crippen molar-refractivity contribution >= 4 is 5.69 Å². The standard InChI is InChI=1S/C13H23N3O/c1-3-11(4-2)16(8-9-17)13-6-5-7-15-12(13)10-14/h5-7,11,17H,3-4,8-10,14H2,1-2H3. The molecular formula is C13H23N3O. The van der Waals surface area contributed by atoms with Crippen LogP contribution in [0, 0.1) is 0 Å². The summed E-state index contributed by atoms with van der Waals surface area (Å²) in [6.07, 6.45) is 3.86. The zero-order valence-corrected chi connectivity index (χ0v) is 10.8. The van der Waals surface area contributed by atoms with Gasteiger partial charge in [-0.05, 0) is 25.0 Å². The van der Waals surface area contributed by atoms with Gasteiger partial charge in [-0.2, -0.15) is 0 Å². The Balaban J connectivity index is 3.03. The van der Waals surface area contributed by atoms with Gasteiger partial charge in [-0.15, -0.1) is 0 Å². The van der Waals surface area contributed by atoms with Gasteiger partial charge in [0.25, 0.3) is 0 Å². The molecule has 1 aromatic rings. The summed E-state index contributed by atoms with van der Waals surface area (Å²) in [5.74, 6) is 0. The quantitative estimate of drug-likeness (QED) is 0.755. The lowest BCUT2D eigenvalue weighted by Gasteiger charge is -2.33. The molecule has 1 aromatic heterocycles. The van der Waals surface area contributed by atoms with Gasteiger partial charge < -0.3 is 15.7 Å². The van der Waals surface area contributed by atoms with Crippen molar-refractivity contribution in [3.05, 3.63) is 24.0 Å². The van der Waals surface area contributed by atoms with Crippen LogP contribution in [0.1, 0.15) is 32.4 Å². The molecule has 0 saturated carbocycles. The van der Waals surface area contributed by atoms with E-state index < -0.39 is 0 Å². The first-order chi connectivity index (χ1) is 8.28. The molecule has 4 nitrogen and oxygen atoms in total. The monoisotopic (exact) mass is 237 g/mol. The summed E-state index contributed by atoms with van der Waals surface area (Å²) >= 11 is 0. The molecule has 0 aromatic carbocycles. The van der Waals surface area contributed by atoms with Crippen molar-refractivity contribution in [3.8, 4) is 0 Å². The van der Waals surface area contributed by atoms with E-state index in [2.05, 4.69) is 23.7 Å². The molecule has 0 aliphatic rings. The third-order valence-electron chi connectivity index (χ3n) is 3.09. The van der Waals surface area contributed by atoms with E-state index in [9.17, 15) is 5.11 Å². The van der Waals surface area contributed by atoms with Crippen molar-refractivity contribution in [1.82, 2.24) is 4.98 Å². The molecule has 0 aliphatic carbocycles. The van der Waals surface area contributed by atoms with E-state index in [0.29, 0.717) is 19.1 Å². The largest absolute Gasteiger partial charge is 0.395 e. The summed E-state index contributed by atoms with van der Waals surface area (Å²) in [5.41, 5.74) is 7.67. The highest BCUT2D eigenvalue weighted by Gasteiger charge is 2.17. The third kappa shape index (κ3) is 3.41. The summed E-state index contributed by atoms with van der Waals surface area (Å²) in [6.45, 7) is 5.53. The zero-order valence-electron chi connectivity index (χ0n) is 10.8. The van der Waals surface area contributed by atoms with E-state index >= 15 is 0 Å². The summed E-state index contributed by atoms with van der Waals surface area (Å²) in [6, 6.07) is 4.38. The Morgan fingerprint density at radius 3 is 2.65 bits per heavy atom. The molecule has 0 fully saturated rings. The Morgan fingerprint density at radius 2 is 2.12 bits per heavy atom. The second kappa shape index (κ2) is 7.25. The van der Waals surface area contributed by atoms with E-state index in [0.717, 1.165) is 24.2 Å². The number of rotatable bonds is 7. The smallest absolute Gasteiger partial charge is 0.0772 e. The Labute approximate surface area is 103 Å². The molecule has 0 amide bonds. The SMILES string of the molecule is CCC(CC)N(CCO)c1cccnc1CN. The summed E-state index contributed by atoms with van der Waals surface area (Å²) in [7, 11) is 0. The second-order valence-electron chi connectivity index (χ2n) is 4.06. The topological polar surface area (TPSA) is 62.4 Å². The number of hydrogen-bond acceptors (Lipinski definition) is 4. The molecule has 0 bridgehead atoms. The number of nitrogens with two attached hydrogens (primary N) is 1. The van der Waals surface area contributed by atoms with Gasteiger partial charge in [0.1, 0.15) is 0 Å². The van der Waals surface area contributed by atoms with Crippen LogP contribution in [0.25, 0.3) is 0 Å². The highest BCUT2D eigenvalue weighted by Crippen LogP contribution is 2.22. The van der Waals surface area contributed by atoms with E-state index in [-0.39, 0.29) is 6.61 Å². The van der Waals surface area contributed by atoms with Crippen LogP contribution in [-0.2, 0) is 6.54 Å². The third-order valence-corrected chi connectivity index (χ3v) is 3.09. The highest BCUT2D eigenvalue weighted by molar-refractivity contribution is 5.51. The van der Waals surface area contributed by atoms with Crippen molar-refractivity contribution in [3.63, 3.8) is 0 Å². The summed E-state index contributed by atoms with van der Waals surface area (Å²) in [5, 5.41) is 9.21. The molecule has 0 spiro atoms. The molecular weight excluding hydrogens is 214 g/mol. The molecule has 96 valence electrons. The molecule has 0 saturated heterocycles.